The fraction of sp³-hybridized carbons (Fsp3) is 0.125. The van der Waals surface area contributed by atoms with Crippen molar-refractivity contribution in [3.63, 3.8) is 0 Å². The summed E-state index contributed by atoms with van der Waals surface area (Å²) in [5.74, 6) is 6.93. The lowest BCUT2D eigenvalue weighted by Gasteiger charge is -2.06. The Morgan fingerprint density at radius 1 is 1.00 bits per heavy atom. The molecule has 2 aromatic carbocycles. The summed E-state index contributed by atoms with van der Waals surface area (Å²) in [6.45, 7) is 0. The van der Waals surface area contributed by atoms with Crippen LogP contribution in [0, 0.1) is 11.8 Å². The smallest absolute Gasteiger partial charge is 0.238 e. The molecule has 1 saturated carbocycles. The van der Waals surface area contributed by atoms with Gasteiger partial charge in [-0.05, 0) is 66.8 Å². The lowest BCUT2D eigenvalue weighted by molar-refractivity contribution is 0.598. The van der Waals surface area contributed by atoms with Gasteiger partial charge in [-0.1, -0.05) is 35.6 Å². The maximum Gasteiger partial charge on any atom is 0.238 e. The molecule has 7 heteroatoms. The van der Waals surface area contributed by atoms with E-state index in [1.54, 1.807) is 12.1 Å². The normalized spacial score (nSPS) is 13.7. The molecule has 0 amide bonds. The molecule has 154 valence electrons. The topological polar surface area (TPSA) is 77.5 Å². The van der Waals surface area contributed by atoms with Crippen molar-refractivity contribution in [1.29, 1.82) is 0 Å². The van der Waals surface area contributed by atoms with Gasteiger partial charge in [-0.25, -0.2) is 18.5 Å². The van der Waals surface area contributed by atoms with Crippen LogP contribution in [0.15, 0.2) is 71.9 Å². The Labute approximate surface area is 185 Å². The van der Waals surface area contributed by atoms with Gasteiger partial charge in [0.2, 0.25) is 10.0 Å². The van der Waals surface area contributed by atoms with Gasteiger partial charge in [0.1, 0.15) is 5.65 Å². The third-order valence-electron chi connectivity index (χ3n) is 5.29. The largest absolute Gasteiger partial charge is 0.307 e. The molecule has 0 spiro atoms. The molecule has 2 aromatic heterocycles. The van der Waals surface area contributed by atoms with Crippen LogP contribution in [0.3, 0.4) is 0 Å². The van der Waals surface area contributed by atoms with Gasteiger partial charge in [0.25, 0.3) is 0 Å². The standard InChI is InChI=1S/C24H18ClN3O2S/c25-21-9-7-18(8-10-21)24-19(4-1-16-2-11-22(12-3-16)31(26,29)30)14-28-15-20(17-5-6-17)13-23(28)27-24/h2-3,7-15,17H,5-6H2,(H2,26,29,30). The number of halogens is 1. The van der Waals surface area contributed by atoms with Gasteiger partial charge in [0, 0.05) is 28.5 Å². The van der Waals surface area contributed by atoms with Gasteiger partial charge < -0.3 is 4.40 Å². The highest BCUT2D eigenvalue weighted by atomic mass is 35.5. The Kier molecular flexibility index (Phi) is 4.82. The van der Waals surface area contributed by atoms with Crippen LogP contribution in [0.25, 0.3) is 16.9 Å². The van der Waals surface area contributed by atoms with Crippen LogP contribution in [0.1, 0.15) is 35.4 Å². The van der Waals surface area contributed by atoms with Crippen molar-refractivity contribution in [3.8, 4) is 23.1 Å². The molecule has 0 bridgehead atoms. The minimum atomic E-state index is -3.73. The number of fused-ring (bicyclic) bond motifs is 1. The first-order valence-electron chi connectivity index (χ1n) is 9.80. The zero-order valence-corrected chi connectivity index (χ0v) is 18.0. The SMILES string of the molecule is NS(=O)(=O)c1ccc(C#Cc2cn3cc(C4CC4)cc3nc2-c2ccc(Cl)cc2)cc1. The summed E-state index contributed by atoms with van der Waals surface area (Å²) in [7, 11) is -3.73. The van der Waals surface area contributed by atoms with Gasteiger partial charge in [-0.15, -0.1) is 0 Å². The molecule has 0 radical (unpaired) electrons. The number of rotatable bonds is 3. The summed E-state index contributed by atoms with van der Waals surface area (Å²) in [5.41, 5.74) is 5.34. The summed E-state index contributed by atoms with van der Waals surface area (Å²) in [5, 5.41) is 5.82. The minimum absolute atomic E-state index is 0.0583. The summed E-state index contributed by atoms with van der Waals surface area (Å²) >= 11 is 6.06. The summed E-state index contributed by atoms with van der Waals surface area (Å²) < 4.78 is 24.9. The maximum atomic E-state index is 11.4. The average Bonchev–Trinajstić information content (AvgIpc) is 3.51. The lowest BCUT2D eigenvalue weighted by atomic mass is 10.1. The Morgan fingerprint density at radius 3 is 2.35 bits per heavy atom. The van der Waals surface area contributed by atoms with E-state index in [1.165, 1.54) is 30.5 Å². The van der Waals surface area contributed by atoms with E-state index in [9.17, 15) is 8.42 Å². The Bertz CT molecular complexity index is 1460. The maximum absolute atomic E-state index is 11.4. The molecule has 2 heterocycles. The molecule has 0 aliphatic heterocycles. The predicted octanol–water partition coefficient (Wildman–Crippen LogP) is 4.58. The van der Waals surface area contributed by atoms with Crippen molar-refractivity contribution in [3.05, 3.63) is 88.7 Å². The highest BCUT2D eigenvalue weighted by Gasteiger charge is 2.25. The molecule has 31 heavy (non-hydrogen) atoms. The number of hydrogen-bond acceptors (Lipinski definition) is 3. The third-order valence-corrected chi connectivity index (χ3v) is 6.47. The first-order chi connectivity index (χ1) is 14.9. The summed E-state index contributed by atoms with van der Waals surface area (Å²) in [4.78, 5) is 4.94. The number of sulfonamides is 1. The van der Waals surface area contributed by atoms with Gasteiger partial charge in [0.05, 0.1) is 16.2 Å². The number of aromatic nitrogens is 2. The van der Waals surface area contributed by atoms with E-state index < -0.39 is 10.0 Å². The van der Waals surface area contributed by atoms with Crippen molar-refractivity contribution in [2.45, 2.75) is 23.7 Å². The van der Waals surface area contributed by atoms with E-state index in [0.29, 0.717) is 16.5 Å². The number of hydrogen-bond donors (Lipinski definition) is 1. The highest BCUT2D eigenvalue weighted by Crippen LogP contribution is 2.40. The molecule has 1 aliphatic carbocycles. The van der Waals surface area contributed by atoms with Crippen LogP contribution in [0.2, 0.25) is 5.02 Å². The average molecular weight is 448 g/mol. The summed E-state index contributed by atoms with van der Waals surface area (Å²) in [6.07, 6.45) is 6.56. The number of benzene rings is 2. The molecule has 0 atom stereocenters. The van der Waals surface area contributed by atoms with E-state index in [0.717, 1.165) is 22.5 Å². The first-order valence-corrected chi connectivity index (χ1v) is 11.7. The van der Waals surface area contributed by atoms with Crippen LogP contribution in [0.4, 0.5) is 0 Å². The Balaban J connectivity index is 1.60. The number of nitrogens with zero attached hydrogens (tertiary/aromatic N) is 2. The zero-order chi connectivity index (χ0) is 21.6. The van der Waals surface area contributed by atoms with Gasteiger partial charge in [0.15, 0.2) is 0 Å². The van der Waals surface area contributed by atoms with Gasteiger partial charge in [-0.3, -0.25) is 0 Å². The van der Waals surface area contributed by atoms with Crippen LogP contribution < -0.4 is 5.14 Å². The van der Waals surface area contributed by atoms with Crippen LogP contribution >= 0.6 is 11.6 Å². The first kappa shape index (κ1) is 19.8. The molecule has 2 N–H and O–H groups in total. The fourth-order valence-electron chi connectivity index (χ4n) is 3.48. The lowest BCUT2D eigenvalue weighted by Crippen LogP contribution is -2.11. The fourth-order valence-corrected chi connectivity index (χ4v) is 4.12. The molecule has 0 saturated heterocycles. The second kappa shape index (κ2) is 7.54. The summed E-state index contributed by atoms with van der Waals surface area (Å²) in [6, 6.07) is 15.8. The third kappa shape index (κ3) is 4.21. The van der Waals surface area contributed by atoms with E-state index >= 15 is 0 Å². The molecule has 4 aromatic rings. The monoisotopic (exact) mass is 447 g/mol. The van der Waals surface area contributed by atoms with Crippen molar-refractivity contribution < 1.29 is 8.42 Å². The van der Waals surface area contributed by atoms with Crippen LogP contribution in [0.5, 0.6) is 0 Å². The molecule has 1 fully saturated rings. The second-order valence-corrected chi connectivity index (χ2v) is 9.64. The predicted molar refractivity (Wildman–Crippen MR) is 121 cm³/mol. The van der Waals surface area contributed by atoms with Crippen LogP contribution in [-0.2, 0) is 10.0 Å². The highest BCUT2D eigenvalue weighted by molar-refractivity contribution is 7.89. The Hall–Kier alpha value is -3.11. The molecule has 5 rings (SSSR count). The van der Waals surface area contributed by atoms with E-state index in [4.69, 9.17) is 21.7 Å². The van der Waals surface area contributed by atoms with Crippen molar-refractivity contribution in [1.82, 2.24) is 9.38 Å². The molecular formula is C24H18ClN3O2S. The number of primary sulfonamides is 1. The van der Waals surface area contributed by atoms with Crippen molar-refractivity contribution >= 4 is 27.3 Å². The molecule has 5 nitrogen and oxygen atoms in total. The number of nitrogens with two attached hydrogens (primary N) is 1. The minimum Gasteiger partial charge on any atom is -0.307 e. The molecular weight excluding hydrogens is 430 g/mol. The second-order valence-electron chi connectivity index (χ2n) is 7.64. The van der Waals surface area contributed by atoms with E-state index in [1.807, 2.05) is 34.9 Å². The Morgan fingerprint density at radius 2 is 1.71 bits per heavy atom. The van der Waals surface area contributed by atoms with Gasteiger partial charge in [-0.2, -0.15) is 0 Å². The van der Waals surface area contributed by atoms with Crippen molar-refractivity contribution in [2.24, 2.45) is 5.14 Å². The van der Waals surface area contributed by atoms with Gasteiger partial charge >= 0.3 is 0 Å². The molecule has 0 unspecified atom stereocenters. The quantitative estimate of drug-likeness (QED) is 0.467. The molecule has 1 aliphatic rings. The van der Waals surface area contributed by atoms with E-state index in [2.05, 4.69) is 24.1 Å². The zero-order valence-electron chi connectivity index (χ0n) is 16.4. The van der Waals surface area contributed by atoms with E-state index in [-0.39, 0.29) is 4.90 Å². The van der Waals surface area contributed by atoms with Crippen molar-refractivity contribution in [2.75, 3.05) is 0 Å². The van der Waals surface area contributed by atoms with Crippen LogP contribution in [-0.4, -0.2) is 17.8 Å².